The molecule has 6 aromatic rings. The number of H-pyrrole nitrogens is 1. The van der Waals surface area contributed by atoms with Gasteiger partial charge in [0.05, 0.1) is 27.6 Å². The third-order valence-electron chi connectivity index (χ3n) is 11.6. The van der Waals surface area contributed by atoms with Crippen molar-refractivity contribution in [3.05, 3.63) is 88.9 Å². The van der Waals surface area contributed by atoms with Crippen LogP contribution in [0.1, 0.15) is 64.2 Å². The molecule has 3 aromatic carbocycles. The van der Waals surface area contributed by atoms with E-state index in [2.05, 4.69) is 71.6 Å². The second-order valence-electron chi connectivity index (χ2n) is 14.3. The van der Waals surface area contributed by atoms with Gasteiger partial charge in [-0.25, -0.2) is 4.99 Å². The van der Waals surface area contributed by atoms with E-state index in [1.165, 1.54) is 0 Å². The number of aromatic nitrogens is 3. The predicted octanol–water partition coefficient (Wildman–Crippen LogP) is 3.15. The van der Waals surface area contributed by atoms with Crippen LogP contribution in [0, 0.1) is 0 Å². The van der Waals surface area contributed by atoms with Crippen LogP contribution in [0.2, 0.25) is 0 Å². The highest BCUT2D eigenvalue weighted by Crippen LogP contribution is 2.54. The zero-order valence-electron chi connectivity index (χ0n) is 29.6. The van der Waals surface area contributed by atoms with Gasteiger partial charge in [0.2, 0.25) is 5.96 Å². The number of carbonyl (C=O) groups is 3. The standard InChI is InChI=1S/C28H26N4O4.C11H11N5O2/c1-28-25(35-3)15(29-2)12-18(36-28)31-16-10-6-4-8-13(16)19-21-22(27(34)30-26(21)33)20-14-9-5-7-11-17(14)32(28)24(20)23(19)31;12-11-15-8(10(18)16-11)6-2-4-14-9(17)7-5(6)1-3-13-7/h4-11,15,18,25,27,29,34H,12H2,1-3H3,(H,30,33);1,3,13H,2,4H2,(H,14,17)(H3,12,15,16,18)/b;8-6-/t15-,18-,25-,27?,28+;/m1./s1. The number of benzene rings is 3. The number of guanidine groups is 1. The first kappa shape index (κ1) is 32.6. The Bertz CT molecular complexity index is 2720. The molecule has 0 spiro atoms. The Morgan fingerprint density at radius 1 is 1.00 bits per heavy atom. The van der Waals surface area contributed by atoms with Crippen molar-refractivity contribution in [3.8, 4) is 0 Å². The Morgan fingerprint density at radius 2 is 1.74 bits per heavy atom. The molecule has 0 radical (unpaired) electrons. The van der Waals surface area contributed by atoms with E-state index >= 15 is 0 Å². The summed E-state index contributed by atoms with van der Waals surface area (Å²) in [6.45, 7) is 2.56. The fourth-order valence-corrected chi connectivity index (χ4v) is 9.54. The number of ether oxygens (including phenoxy) is 2. The van der Waals surface area contributed by atoms with Crippen LogP contribution in [0.5, 0.6) is 0 Å². The first-order chi connectivity index (χ1) is 26.2. The van der Waals surface area contributed by atoms with Crippen LogP contribution in [-0.4, -0.2) is 75.8 Å². The molecule has 1 fully saturated rings. The molecule has 2 bridgehead atoms. The first-order valence-electron chi connectivity index (χ1n) is 17.9. The molecule has 0 aliphatic carbocycles. The molecule has 1 unspecified atom stereocenters. The number of aliphatic imine (C=N–C) groups is 1. The minimum Gasteiger partial charge on any atom is -0.375 e. The van der Waals surface area contributed by atoms with Gasteiger partial charge in [0.15, 0.2) is 12.0 Å². The van der Waals surface area contributed by atoms with Gasteiger partial charge in [0, 0.05) is 65.0 Å². The number of likely N-dealkylation sites (N-methyl/N-ethyl adjacent to an activating group) is 1. The fourth-order valence-electron chi connectivity index (χ4n) is 9.54. The van der Waals surface area contributed by atoms with Gasteiger partial charge in [0.25, 0.3) is 17.7 Å². The van der Waals surface area contributed by atoms with Crippen molar-refractivity contribution < 1.29 is 29.0 Å². The molecule has 5 aliphatic rings. The van der Waals surface area contributed by atoms with Gasteiger partial charge in [-0.2, -0.15) is 0 Å². The van der Waals surface area contributed by atoms with Gasteiger partial charge in [-0.1, -0.05) is 36.4 Å². The third-order valence-corrected chi connectivity index (χ3v) is 11.6. The number of rotatable bonds is 2. The highest BCUT2D eigenvalue weighted by molar-refractivity contribution is 6.31. The van der Waals surface area contributed by atoms with Crippen molar-refractivity contribution in [2.75, 3.05) is 20.7 Å². The first-order valence-corrected chi connectivity index (χ1v) is 17.9. The van der Waals surface area contributed by atoms with Crippen LogP contribution in [-0.2, 0) is 20.0 Å². The Labute approximate surface area is 307 Å². The van der Waals surface area contributed by atoms with Gasteiger partial charge >= 0.3 is 0 Å². The Morgan fingerprint density at radius 3 is 2.46 bits per heavy atom. The highest BCUT2D eigenvalue weighted by Gasteiger charge is 2.53. The monoisotopic (exact) mass is 727 g/mol. The number of aromatic amines is 1. The van der Waals surface area contributed by atoms with E-state index in [1.54, 1.807) is 19.4 Å². The Balaban J connectivity index is 0.000000169. The minimum absolute atomic E-state index is 0.0289. The lowest BCUT2D eigenvalue weighted by Crippen LogP contribution is -2.59. The quantitative estimate of drug-likeness (QED) is 0.132. The summed E-state index contributed by atoms with van der Waals surface area (Å²) in [6.07, 6.45) is 1.26. The molecular formula is C39H37N9O6. The SMILES string of the molecule is CN[C@@H]1C[C@H]2O[C@@](C)([C@@H]1OC)n1c3ccccc3c3c4c(c5c6ccccc6n2c5c31)C(=O)NC4O.NC1=N/C(=C2/CCNC(=O)c3[nH]ccc32)C(=O)N1. The lowest BCUT2D eigenvalue weighted by molar-refractivity contribution is -0.256. The molecule has 11 rings (SSSR count). The van der Waals surface area contributed by atoms with E-state index in [0.29, 0.717) is 41.8 Å². The number of nitrogens with one attached hydrogen (secondary N) is 5. The number of carbonyl (C=O) groups excluding carboxylic acids is 3. The summed E-state index contributed by atoms with van der Waals surface area (Å²) in [6, 6.07) is 18.1. The van der Waals surface area contributed by atoms with Crippen LogP contribution in [0.15, 0.2) is 71.5 Å². The van der Waals surface area contributed by atoms with Gasteiger partial charge in [-0.15, -0.1) is 0 Å². The van der Waals surface area contributed by atoms with Crippen LogP contribution in [0.3, 0.4) is 0 Å². The summed E-state index contributed by atoms with van der Waals surface area (Å²) >= 11 is 0. The summed E-state index contributed by atoms with van der Waals surface area (Å²) < 4.78 is 17.7. The van der Waals surface area contributed by atoms with Crippen molar-refractivity contribution in [2.24, 2.45) is 10.7 Å². The summed E-state index contributed by atoms with van der Waals surface area (Å²) in [5.41, 5.74) is 11.9. The summed E-state index contributed by atoms with van der Waals surface area (Å²) in [5.74, 6) is -0.672. The second-order valence-corrected chi connectivity index (χ2v) is 14.3. The number of para-hydroxylation sites is 2. The molecule has 15 heteroatoms. The van der Waals surface area contributed by atoms with Crippen molar-refractivity contribution in [1.82, 2.24) is 35.4 Å². The molecule has 1 saturated heterocycles. The summed E-state index contributed by atoms with van der Waals surface area (Å²) in [4.78, 5) is 43.7. The average Bonchev–Trinajstić information content (AvgIpc) is 3.96. The molecule has 54 heavy (non-hydrogen) atoms. The Hall–Kier alpha value is -6.00. The lowest BCUT2D eigenvalue weighted by atomic mass is 9.93. The lowest BCUT2D eigenvalue weighted by Gasteiger charge is -2.48. The third kappa shape index (κ3) is 4.20. The molecular weight excluding hydrogens is 690 g/mol. The minimum atomic E-state index is -1.09. The van der Waals surface area contributed by atoms with E-state index < -0.39 is 12.0 Å². The van der Waals surface area contributed by atoms with Gasteiger partial charge in [-0.05, 0) is 44.2 Å². The topological polar surface area (TPSA) is 202 Å². The number of methoxy groups -OCH3 is 1. The second kappa shape index (κ2) is 11.5. The van der Waals surface area contributed by atoms with Crippen molar-refractivity contribution in [3.63, 3.8) is 0 Å². The number of hydrogen-bond donors (Lipinski definition) is 7. The zero-order chi connectivity index (χ0) is 37.2. The maximum absolute atomic E-state index is 13.4. The molecule has 5 atom stereocenters. The van der Waals surface area contributed by atoms with E-state index in [0.717, 1.165) is 49.2 Å². The van der Waals surface area contributed by atoms with Gasteiger partial charge in [0.1, 0.15) is 23.7 Å². The number of nitrogens with zero attached hydrogens (tertiary/aromatic N) is 3. The molecule has 3 aromatic heterocycles. The van der Waals surface area contributed by atoms with Crippen LogP contribution >= 0.6 is 0 Å². The van der Waals surface area contributed by atoms with Crippen LogP contribution < -0.4 is 27.0 Å². The molecule has 274 valence electrons. The summed E-state index contributed by atoms with van der Waals surface area (Å²) in [5, 5.41) is 26.3. The van der Waals surface area contributed by atoms with Crippen LogP contribution in [0.25, 0.3) is 49.2 Å². The smallest absolute Gasteiger partial charge is 0.277 e. The van der Waals surface area contributed by atoms with Gasteiger partial charge in [-0.3, -0.25) is 19.7 Å². The van der Waals surface area contributed by atoms with Gasteiger partial charge < -0.3 is 50.4 Å². The largest absolute Gasteiger partial charge is 0.375 e. The predicted molar refractivity (Wildman–Crippen MR) is 201 cm³/mol. The maximum atomic E-state index is 13.4. The highest BCUT2D eigenvalue weighted by atomic mass is 16.6. The maximum Gasteiger partial charge on any atom is 0.277 e. The fraction of sp³-hybridized carbons (Fsp3) is 0.282. The number of aliphatic hydroxyl groups is 1. The van der Waals surface area contributed by atoms with E-state index in [1.807, 2.05) is 31.3 Å². The van der Waals surface area contributed by atoms with Crippen LogP contribution in [0.4, 0.5) is 0 Å². The van der Waals surface area contributed by atoms with E-state index in [4.69, 9.17) is 15.2 Å². The van der Waals surface area contributed by atoms with E-state index in [9.17, 15) is 19.5 Å². The normalized spacial score (nSPS) is 27.0. The number of hydrogen-bond acceptors (Lipinski definition) is 9. The van der Waals surface area contributed by atoms with Crippen molar-refractivity contribution in [1.29, 1.82) is 0 Å². The molecule has 3 amide bonds. The average molecular weight is 728 g/mol. The number of fused-ring (bicyclic) bond motifs is 14. The molecule has 15 nitrogen and oxygen atoms in total. The number of amides is 3. The molecule has 5 aliphatic heterocycles. The number of nitrogens with two attached hydrogens (primary N) is 1. The van der Waals surface area contributed by atoms with Crippen molar-refractivity contribution in [2.45, 2.75) is 50.1 Å². The molecule has 8 heterocycles. The molecule has 0 saturated carbocycles. The van der Waals surface area contributed by atoms with E-state index in [-0.39, 0.29) is 47.8 Å². The zero-order valence-corrected chi connectivity index (χ0v) is 29.6. The Kier molecular flexibility index (Phi) is 6.95. The van der Waals surface area contributed by atoms with Crippen molar-refractivity contribution >= 4 is 72.9 Å². The molecule has 8 N–H and O–H groups in total. The summed E-state index contributed by atoms with van der Waals surface area (Å²) in [7, 11) is 3.70. The number of aliphatic hydroxyl groups excluding tert-OH is 1.